The van der Waals surface area contributed by atoms with Gasteiger partial charge in [-0.2, -0.15) is 0 Å². The van der Waals surface area contributed by atoms with Crippen LogP contribution in [0.2, 0.25) is 0 Å². The van der Waals surface area contributed by atoms with Crippen molar-refractivity contribution >= 4 is 11.8 Å². The van der Waals surface area contributed by atoms with Gasteiger partial charge in [0.05, 0.1) is 7.11 Å². The fourth-order valence-electron chi connectivity index (χ4n) is 4.69. The first-order valence-electron chi connectivity index (χ1n) is 9.82. The van der Waals surface area contributed by atoms with E-state index in [0.29, 0.717) is 28.3 Å². The summed E-state index contributed by atoms with van der Waals surface area (Å²) in [6.45, 7) is 3.91. The van der Waals surface area contributed by atoms with Gasteiger partial charge >= 0.3 is 5.97 Å². The number of rotatable bonds is 4. The van der Waals surface area contributed by atoms with Crippen molar-refractivity contribution in [1.29, 1.82) is 0 Å². The molecule has 2 aromatic rings. The zero-order chi connectivity index (χ0) is 19.7. The van der Waals surface area contributed by atoms with Crippen molar-refractivity contribution in [2.24, 2.45) is 5.41 Å². The predicted octanol–water partition coefficient (Wildman–Crippen LogP) is 3.36. The molecule has 28 heavy (non-hydrogen) atoms. The number of hydrogen-bond acceptors (Lipinski definition) is 6. The van der Waals surface area contributed by atoms with Gasteiger partial charge in [-0.3, -0.25) is 0 Å². The van der Waals surface area contributed by atoms with Gasteiger partial charge in [0.1, 0.15) is 5.75 Å². The maximum atomic E-state index is 12.0. The standard InChI is InChI=1S/C21H27N3O4/c1-23-11-3-8-21(14-23)9-12-24(13-10-21)19-17(20(25)26)18(28-22-19)15-4-6-16(27-2)7-5-15/h4-7H,3,8-14H2,1-2H3,(H,25,26). The molecule has 1 aromatic heterocycles. The van der Waals surface area contributed by atoms with Crippen molar-refractivity contribution in [3.05, 3.63) is 29.8 Å². The van der Waals surface area contributed by atoms with Gasteiger partial charge in [-0.1, -0.05) is 5.16 Å². The molecule has 0 saturated carbocycles. The third kappa shape index (κ3) is 3.46. The number of benzene rings is 1. The highest BCUT2D eigenvalue weighted by Gasteiger charge is 2.39. The Morgan fingerprint density at radius 2 is 1.89 bits per heavy atom. The summed E-state index contributed by atoms with van der Waals surface area (Å²) < 4.78 is 10.7. The number of carboxylic acid groups (broad SMARTS) is 1. The lowest BCUT2D eigenvalue weighted by atomic mass is 9.72. The minimum absolute atomic E-state index is 0.141. The van der Waals surface area contributed by atoms with Gasteiger partial charge in [-0.15, -0.1) is 0 Å². The molecule has 4 rings (SSSR count). The molecule has 150 valence electrons. The fourth-order valence-corrected chi connectivity index (χ4v) is 4.69. The van der Waals surface area contributed by atoms with Crippen LogP contribution in [0.15, 0.2) is 28.8 Å². The van der Waals surface area contributed by atoms with E-state index in [0.717, 1.165) is 32.5 Å². The van der Waals surface area contributed by atoms with E-state index in [9.17, 15) is 9.90 Å². The van der Waals surface area contributed by atoms with Gasteiger partial charge in [0.2, 0.25) is 0 Å². The predicted molar refractivity (Wildman–Crippen MR) is 106 cm³/mol. The lowest BCUT2D eigenvalue weighted by molar-refractivity contribution is 0.0696. The molecule has 3 heterocycles. The van der Waals surface area contributed by atoms with Crippen LogP contribution in [0.5, 0.6) is 5.75 Å². The van der Waals surface area contributed by atoms with E-state index >= 15 is 0 Å². The molecule has 0 aliphatic carbocycles. The molecule has 2 aliphatic heterocycles. The Bertz CT molecular complexity index is 838. The molecule has 1 N–H and O–H groups in total. The summed E-state index contributed by atoms with van der Waals surface area (Å²) in [5.74, 6) is 0.430. The van der Waals surface area contributed by atoms with Crippen LogP contribution in [0.3, 0.4) is 0 Å². The second-order valence-corrected chi connectivity index (χ2v) is 8.07. The first-order valence-corrected chi connectivity index (χ1v) is 9.82. The molecule has 2 fully saturated rings. The lowest BCUT2D eigenvalue weighted by Gasteiger charge is -2.47. The first-order chi connectivity index (χ1) is 13.5. The number of ether oxygens (including phenoxy) is 1. The first kappa shape index (κ1) is 18.8. The van der Waals surface area contributed by atoms with Crippen LogP contribution in [-0.2, 0) is 0 Å². The minimum atomic E-state index is -1.01. The molecule has 0 atom stereocenters. The van der Waals surface area contributed by atoms with E-state index in [4.69, 9.17) is 9.26 Å². The molecule has 7 nitrogen and oxygen atoms in total. The normalized spacial score (nSPS) is 19.7. The molecule has 0 unspecified atom stereocenters. The van der Waals surface area contributed by atoms with E-state index in [1.165, 1.54) is 19.4 Å². The fraction of sp³-hybridized carbons (Fsp3) is 0.524. The Kier molecular flexibility index (Phi) is 5.02. The molecular weight excluding hydrogens is 358 g/mol. The third-order valence-electron chi connectivity index (χ3n) is 6.22. The van der Waals surface area contributed by atoms with Crippen LogP contribution >= 0.6 is 0 Å². The Hall–Kier alpha value is -2.54. The number of carboxylic acids is 1. The van der Waals surface area contributed by atoms with Crippen LogP contribution in [0.25, 0.3) is 11.3 Å². The summed E-state index contributed by atoms with van der Waals surface area (Å²) in [5.41, 5.74) is 1.18. The van der Waals surface area contributed by atoms with Crippen LogP contribution in [0.1, 0.15) is 36.0 Å². The summed E-state index contributed by atoms with van der Waals surface area (Å²) in [6, 6.07) is 7.15. The Morgan fingerprint density at radius 1 is 1.18 bits per heavy atom. The van der Waals surface area contributed by atoms with E-state index in [1.807, 2.05) is 0 Å². The number of anilines is 1. The van der Waals surface area contributed by atoms with Gasteiger partial charge in [-0.25, -0.2) is 4.79 Å². The molecular formula is C21H27N3O4. The second kappa shape index (κ2) is 7.47. The van der Waals surface area contributed by atoms with Crippen molar-refractivity contribution < 1.29 is 19.2 Å². The van der Waals surface area contributed by atoms with Gasteiger partial charge in [-0.05, 0) is 69.0 Å². The summed E-state index contributed by atoms with van der Waals surface area (Å²) in [4.78, 5) is 16.5. The highest BCUT2D eigenvalue weighted by Crippen LogP contribution is 2.41. The molecule has 2 saturated heterocycles. The smallest absolute Gasteiger partial charge is 0.343 e. The highest BCUT2D eigenvalue weighted by molar-refractivity contribution is 5.99. The number of nitrogens with zero attached hydrogens (tertiary/aromatic N) is 3. The second-order valence-electron chi connectivity index (χ2n) is 8.07. The summed E-state index contributed by atoms with van der Waals surface area (Å²) in [5, 5.41) is 14.0. The van der Waals surface area contributed by atoms with Crippen molar-refractivity contribution in [3.8, 4) is 17.1 Å². The SMILES string of the molecule is COc1ccc(-c2onc(N3CCC4(CCCN(C)C4)CC3)c2C(=O)O)cc1. The monoisotopic (exact) mass is 385 g/mol. The van der Waals surface area contributed by atoms with Crippen molar-refractivity contribution in [1.82, 2.24) is 10.1 Å². The number of hydrogen-bond donors (Lipinski definition) is 1. The Morgan fingerprint density at radius 3 is 2.50 bits per heavy atom. The largest absolute Gasteiger partial charge is 0.497 e. The molecule has 0 bridgehead atoms. The molecule has 1 aromatic carbocycles. The number of piperidine rings is 2. The third-order valence-corrected chi connectivity index (χ3v) is 6.22. The minimum Gasteiger partial charge on any atom is -0.497 e. The molecule has 7 heteroatoms. The van der Waals surface area contributed by atoms with Crippen LogP contribution in [0, 0.1) is 5.41 Å². The van der Waals surface area contributed by atoms with Gasteiger partial charge in [0.15, 0.2) is 17.1 Å². The lowest BCUT2D eigenvalue weighted by Crippen LogP contribution is -2.48. The highest BCUT2D eigenvalue weighted by atomic mass is 16.5. The number of aromatic nitrogens is 1. The van der Waals surface area contributed by atoms with Crippen LogP contribution < -0.4 is 9.64 Å². The number of likely N-dealkylation sites (tertiary alicyclic amines) is 1. The number of aromatic carboxylic acids is 1. The Balaban J connectivity index is 1.57. The van der Waals surface area contributed by atoms with E-state index in [1.54, 1.807) is 31.4 Å². The van der Waals surface area contributed by atoms with E-state index in [2.05, 4.69) is 22.0 Å². The number of carbonyl (C=O) groups is 1. The van der Waals surface area contributed by atoms with Gasteiger partial charge in [0, 0.05) is 25.2 Å². The summed E-state index contributed by atoms with van der Waals surface area (Å²) in [6.07, 6.45) is 4.61. The van der Waals surface area contributed by atoms with Crippen molar-refractivity contribution in [2.45, 2.75) is 25.7 Å². The van der Waals surface area contributed by atoms with Crippen molar-refractivity contribution in [2.75, 3.05) is 45.2 Å². The maximum absolute atomic E-state index is 12.0. The summed E-state index contributed by atoms with van der Waals surface area (Å²) >= 11 is 0. The topological polar surface area (TPSA) is 79.0 Å². The van der Waals surface area contributed by atoms with Crippen LogP contribution in [-0.4, -0.2) is 61.5 Å². The van der Waals surface area contributed by atoms with Crippen LogP contribution in [0.4, 0.5) is 5.82 Å². The zero-order valence-electron chi connectivity index (χ0n) is 16.5. The maximum Gasteiger partial charge on any atom is 0.343 e. The van der Waals surface area contributed by atoms with Gasteiger partial charge in [0.25, 0.3) is 0 Å². The summed E-state index contributed by atoms with van der Waals surface area (Å²) in [7, 11) is 3.78. The molecule has 1 spiro atoms. The average Bonchev–Trinajstić information content (AvgIpc) is 3.14. The molecule has 2 aliphatic rings. The van der Waals surface area contributed by atoms with Gasteiger partial charge < -0.3 is 24.2 Å². The number of methoxy groups -OCH3 is 1. The Labute approximate surface area is 164 Å². The quantitative estimate of drug-likeness (QED) is 0.864. The van der Waals surface area contributed by atoms with E-state index < -0.39 is 5.97 Å². The van der Waals surface area contributed by atoms with E-state index in [-0.39, 0.29) is 5.56 Å². The van der Waals surface area contributed by atoms with Crippen molar-refractivity contribution in [3.63, 3.8) is 0 Å². The molecule has 0 amide bonds. The average molecular weight is 385 g/mol. The molecule has 0 radical (unpaired) electrons. The zero-order valence-corrected chi connectivity index (χ0v) is 16.5.